The average Bonchev–Trinajstić information content (AvgIpc) is 2.38. The van der Waals surface area contributed by atoms with Crippen molar-refractivity contribution in [3.05, 3.63) is 30.3 Å². The Balaban J connectivity index is 1.90. The molecule has 4 nitrogen and oxygen atoms in total. The zero-order valence-corrected chi connectivity index (χ0v) is 12.5. The van der Waals surface area contributed by atoms with Crippen molar-refractivity contribution in [2.24, 2.45) is 11.8 Å². The van der Waals surface area contributed by atoms with Crippen LogP contribution in [0, 0.1) is 11.8 Å². The first kappa shape index (κ1) is 14.9. The molecule has 0 spiro atoms. The number of para-hydroxylation sites is 1. The lowest BCUT2D eigenvalue weighted by molar-refractivity contribution is -0.129. The maximum absolute atomic E-state index is 12.2. The van der Waals surface area contributed by atoms with Crippen molar-refractivity contribution >= 4 is 11.6 Å². The molecule has 0 aliphatic carbocycles. The summed E-state index contributed by atoms with van der Waals surface area (Å²) in [6.07, 6.45) is 1.83. The lowest BCUT2D eigenvalue weighted by atomic mass is 9.90. The van der Waals surface area contributed by atoms with Crippen LogP contribution in [0.25, 0.3) is 0 Å². The van der Waals surface area contributed by atoms with Crippen LogP contribution < -0.4 is 16.0 Å². The van der Waals surface area contributed by atoms with E-state index in [2.05, 4.69) is 36.7 Å². The fourth-order valence-corrected chi connectivity index (χ4v) is 2.57. The molecular formula is C16H25N3O. The van der Waals surface area contributed by atoms with Crippen LogP contribution in [0.3, 0.4) is 0 Å². The Kier molecular flexibility index (Phi) is 5.01. The van der Waals surface area contributed by atoms with Crippen LogP contribution >= 0.6 is 0 Å². The smallest absolute Gasteiger partial charge is 0.227 e. The summed E-state index contributed by atoms with van der Waals surface area (Å²) in [5, 5.41) is 9.72. The molecule has 0 radical (unpaired) electrons. The van der Waals surface area contributed by atoms with Gasteiger partial charge in [0.05, 0.1) is 5.92 Å². The van der Waals surface area contributed by atoms with Crippen LogP contribution in [0.2, 0.25) is 0 Å². The second-order valence-electron chi connectivity index (χ2n) is 5.98. The first-order valence-electron chi connectivity index (χ1n) is 7.44. The highest BCUT2D eigenvalue weighted by atomic mass is 16.2. The Hall–Kier alpha value is -1.55. The van der Waals surface area contributed by atoms with E-state index in [0.717, 1.165) is 18.5 Å². The first-order chi connectivity index (χ1) is 9.56. The van der Waals surface area contributed by atoms with Crippen LogP contribution in [0.4, 0.5) is 5.69 Å². The number of benzene rings is 1. The van der Waals surface area contributed by atoms with Gasteiger partial charge in [0, 0.05) is 11.7 Å². The Labute approximate surface area is 121 Å². The lowest BCUT2D eigenvalue weighted by Gasteiger charge is -2.36. The molecule has 1 heterocycles. The summed E-state index contributed by atoms with van der Waals surface area (Å²) in [6.45, 7) is 6.47. The van der Waals surface area contributed by atoms with Crippen molar-refractivity contribution in [3.8, 4) is 0 Å². The average molecular weight is 275 g/mol. The molecule has 1 amide bonds. The molecule has 3 unspecified atom stereocenters. The van der Waals surface area contributed by atoms with Gasteiger partial charge in [0.25, 0.3) is 0 Å². The number of carbonyl (C=O) groups is 1. The van der Waals surface area contributed by atoms with Crippen molar-refractivity contribution in [2.45, 2.75) is 45.9 Å². The second-order valence-corrected chi connectivity index (χ2v) is 5.98. The summed E-state index contributed by atoms with van der Waals surface area (Å²) in [7, 11) is 0. The second kappa shape index (κ2) is 6.75. The van der Waals surface area contributed by atoms with E-state index >= 15 is 0 Å². The summed E-state index contributed by atoms with van der Waals surface area (Å²) < 4.78 is 0. The highest BCUT2D eigenvalue weighted by Crippen LogP contribution is 2.19. The molecule has 0 bridgehead atoms. The summed E-state index contributed by atoms with van der Waals surface area (Å²) >= 11 is 0. The molecule has 0 aromatic heterocycles. The predicted octanol–water partition coefficient (Wildman–Crippen LogP) is 2.54. The van der Waals surface area contributed by atoms with Gasteiger partial charge in [0.1, 0.15) is 0 Å². The molecule has 1 aromatic carbocycles. The number of hydrogen-bond donors (Lipinski definition) is 3. The molecule has 1 fully saturated rings. The van der Waals surface area contributed by atoms with Gasteiger partial charge in [-0.15, -0.1) is 0 Å². The molecule has 1 aliphatic rings. The largest absolute Gasteiger partial charge is 0.353 e. The Morgan fingerprint density at radius 2 is 1.95 bits per heavy atom. The van der Waals surface area contributed by atoms with Crippen molar-refractivity contribution in [3.63, 3.8) is 0 Å². The predicted molar refractivity (Wildman–Crippen MR) is 82.2 cm³/mol. The van der Waals surface area contributed by atoms with Gasteiger partial charge in [0.15, 0.2) is 6.29 Å². The molecule has 20 heavy (non-hydrogen) atoms. The number of amides is 1. The first-order valence-corrected chi connectivity index (χ1v) is 7.44. The van der Waals surface area contributed by atoms with E-state index in [0.29, 0.717) is 5.92 Å². The van der Waals surface area contributed by atoms with Gasteiger partial charge in [-0.3, -0.25) is 10.1 Å². The van der Waals surface area contributed by atoms with E-state index in [1.54, 1.807) is 0 Å². The summed E-state index contributed by atoms with van der Waals surface area (Å²) in [5.74, 6) is 0.840. The number of nitrogens with one attached hydrogen (secondary N) is 3. The highest BCUT2D eigenvalue weighted by Gasteiger charge is 2.32. The van der Waals surface area contributed by atoms with E-state index < -0.39 is 0 Å². The van der Waals surface area contributed by atoms with Gasteiger partial charge in [-0.25, -0.2) is 0 Å². The Morgan fingerprint density at radius 1 is 1.25 bits per heavy atom. The normalized spacial score (nSPS) is 26.4. The van der Waals surface area contributed by atoms with Crippen LogP contribution in [0.1, 0.15) is 33.6 Å². The van der Waals surface area contributed by atoms with Crippen LogP contribution in [0.15, 0.2) is 30.3 Å². The number of rotatable bonds is 5. The van der Waals surface area contributed by atoms with E-state index in [1.807, 2.05) is 30.3 Å². The van der Waals surface area contributed by atoms with Crippen molar-refractivity contribution in [1.29, 1.82) is 0 Å². The molecule has 110 valence electrons. The van der Waals surface area contributed by atoms with E-state index in [9.17, 15) is 4.79 Å². The molecule has 3 N–H and O–H groups in total. The van der Waals surface area contributed by atoms with Gasteiger partial charge in [-0.1, -0.05) is 38.5 Å². The quantitative estimate of drug-likeness (QED) is 0.774. The molecule has 3 atom stereocenters. The third-order valence-corrected chi connectivity index (χ3v) is 3.80. The van der Waals surface area contributed by atoms with E-state index in [-0.39, 0.29) is 24.2 Å². The fraction of sp³-hybridized carbons (Fsp3) is 0.562. The fourth-order valence-electron chi connectivity index (χ4n) is 2.57. The molecule has 0 saturated carbocycles. The standard InChI is InChI=1S/C16H25N3O/c1-11(2)9-10-14-12(3)17-16(19-15(14)20)18-13-7-5-4-6-8-13/h4-8,11-12,14,16-18H,9-10H2,1-3H3,(H,19,20). The summed E-state index contributed by atoms with van der Waals surface area (Å²) in [5.41, 5.74) is 0.998. The molecule has 1 aromatic rings. The molecule has 4 heteroatoms. The minimum atomic E-state index is -0.199. The van der Waals surface area contributed by atoms with Gasteiger partial charge in [0.2, 0.25) is 5.91 Å². The molecule has 2 rings (SSSR count). The molecule has 1 aliphatic heterocycles. The number of carbonyl (C=O) groups excluding carboxylic acids is 1. The van der Waals surface area contributed by atoms with Gasteiger partial charge in [-0.2, -0.15) is 0 Å². The van der Waals surface area contributed by atoms with Crippen LogP contribution in [-0.4, -0.2) is 18.2 Å². The van der Waals surface area contributed by atoms with E-state index in [1.165, 1.54) is 0 Å². The topological polar surface area (TPSA) is 53.2 Å². The Bertz CT molecular complexity index is 433. The molecule has 1 saturated heterocycles. The third kappa shape index (κ3) is 3.97. The van der Waals surface area contributed by atoms with Gasteiger partial charge < -0.3 is 10.6 Å². The lowest BCUT2D eigenvalue weighted by Crippen LogP contribution is -2.63. The highest BCUT2D eigenvalue weighted by molar-refractivity contribution is 5.80. The maximum atomic E-state index is 12.2. The van der Waals surface area contributed by atoms with E-state index in [4.69, 9.17) is 0 Å². The maximum Gasteiger partial charge on any atom is 0.227 e. The minimum Gasteiger partial charge on any atom is -0.353 e. The monoisotopic (exact) mass is 275 g/mol. The van der Waals surface area contributed by atoms with Gasteiger partial charge >= 0.3 is 0 Å². The third-order valence-electron chi connectivity index (χ3n) is 3.80. The summed E-state index contributed by atoms with van der Waals surface area (Å²) in [6, 6.07) is 10.1. The summed E-state index contributed by atoms with van der Waals surface area (Å²) in [4.78, 5) is 12.2. The Morgan fingerprint density at radius 3 is 2.55 bits per heavy atom. The number of anilines is 1. The SMILES string of the molecule is CC(C)CCC1C(=O)NC(Nc2ccccc2)NC1C. The molecular weight excluding hydrogens is 250 g/mol. The van der Waals surface area contributed by atoms with Crippen LogP contribution in [0.5, 0.6) is 0 Å². The zero-order valence-electron chi connectivity index (χ0n) is 12.5. The number of hydrogen-bond acceptors (Lipinski definition) is 3. The van der Waals surface area contributed by atoms with Crippen molar-refractivity contribution < 1.29 is 4.79 Å². The minimum absolute atomic E-state index is 0.0613. The van der Waals surface area contributed by atoms with Crippen molar-refractivity contribution in [1.82, 2.24) is 10.6 Å². The van der Waals surface area contributed by atoms with Crippen molar-refractivity contribution in [2.75, 3.05) is 5.32 Å². The van der Waals surface area contributed by atoms with Crippen LogP contribution in [-0.2, 0) is 4.79 Å². The van der Waals surface area contributed by atoms with Gasteiger partial charge in [-0.05, 0) is 31.4 Å². The zero-order chi connectivity index (χ0) is 14.5.